The maximum Gasteiger partial charge on any atom is 0.272 e. The van der Waals surface area contributed by atoms with Crippen LogP contribution in [0.3, 0.4) is 0 Å². The minimum Gasteiger partial charge on any atom is -0.332 e. The summed E-state index contributed by atoms with van der Waals surface area (Å²) < 4.78 is 14.1. The molecule has 2 aromatic rings. The van der Waals surface area contributed by atoms with E-state index in [0.717, 1.165) is 13.1 Å². The molecule has 24 heavy (non-hydrogen) atoms. The third-order valence-electron chi connectivity index (χ3n) is 4.01. The molecule has 0 spiro atoms. The zero-order valence-corrected chi connectivity index (χ0v) is 14.7. The van der Waals surface area contributed by atoms with Gasteiger partial charge in [0.25, 0.3) is 5.91 Å². The largest absolute Gasteiger partial charge is 0.332 e. The van der Waals surface area contributed by atoms with E-state index in [9.17, 15) is 9.18 Å². The van der Waals surface area contributed by atoms with Gasteiger partial charge in [-0.05, 0) is 31.3 Å². The number of halogens is 2. The van der Waals surface area contributed by atoms with Crippen molar-refractivity contribution in [3.8, 4) is 0 Å². The zero-order chi connectivity index (χ0) is 17.5. The number of hydrogen-bond donors (Lipinski definition) is 1. The molecule has 0 saturated carbocycles. The second kappa shape index (κ2) is 8.80. The molecule has 7 heteroatoms. The molecule has 0 bridgehead atoms. The number of carbonyl (C=O) groups is 1. The fourth-order valence-corrected chi connectivity index (χ4v) is 2.70. The number of aromatic amines is 1. The van der Waals surface area contributed by atoms with Crippen LogP contribution in [0.15, 0.2) is 30.5 Å². The van der Waals surface area contributed by atoms with Gasteiger partial charge in [-0.2, -0.15) is 5.10 Å². The van der Waals surface area contributed by atoms with E-state index in [1.54, 1.807) is 23.1 Å². The highest BCUT2D eigenvalue weighted by Gasteiger charge is 2.20. The number of aromatic nitrogens is 2. The molecule has 1 heterocycles. The molecule has 0 aliphatic heterocycles. The standard InChI is InChI=1S/C17H22ClFN4O/c1-3-22(4-2)10-11-23(17(24)16-8-9-20-21-16)12-13-14(18)6-5-7-15(13)19/h5-9H,3-4,10-12H2,1-2H3,(H,20,21). The summed E-state index contributed by atoms with van der Waals surface area (Å²) in [4.78, 5) is 16.5. The lowest BCUT2D eigenvalue weighted by Gasteiger charge is -2.26. The number of benzene rings is 1. The van der Waals surface area contributed by atoms with Gasteiger partial charge in [-0.1, -0.05) is 31.5 Å². The van der Waals surface area contributed by atoms with E-state index in [1.165, 1.54) is 12.3 Å². The number of carbonyl (C=O) groups excluding carboxylic acids is 1. The highest BCUT2D eigenvalue weighted by molar-refractivity contribution is 6.31. The first kappa shape index (κ1) is 18.4. The number of nitrogens with one attached hydrogen (secondary N) is 1. The molecule has 1 N–H and O–H groups in total. The quantitative estimate of drug-likeness (QED) is 0.793. The van der Waals surface area contributed by atoms with Crippen molar-refractivity contribution >= 4 is 17.5 Å². The van der Waals surface area contributed by atoms with Gasteiger partial charge in [0, 0.05) is 29.9 Å². The van der Waals surface area contributed by atoms with Crippen LogP contribution in [-0.4, -0.2) is 52.1 Å². The van der Waals surface area contributed by atoms with Gasteiger partial charge in [0.05, 0.1) is 6.54 Å². The van der Waals surface area contributed by atoms with E-state index < -0.39 is 5.82 Å². The Balaban J connectivity index is 2.20. The number of rotatable bonds is 8. The third-order valence-corrected chi connectivity index (χ3v) is 4.36. The highest BCUT2D eigenvalue weighted by atomic mass is 35.5. The van der Waals surface area contributed by atoms with E-state index in [-0.39, 0.29) is 12.5 Å². The fraction of sp³-hybridized carbons (Fsp3) is 0.412. The van der Waals surface area contributed by atoms with E-state index in [2.05, 4.69) is 28.9 Å². The normalized spacial score (nSPS) is 11.0. The second-order valence-corrected chi connectivity index (χ2v) is 5.83. The molecule has 0 fully saturated rings. The summed E-state index contributed by atoms with van der Waals surface area (Å²) in [6.45, 7) is 7.22. The van der Waals surface area contributed by atoms with Gasteiger partial charge in [0.2, 0.25) is 0 Å². The maximum atomic E-state index is 14.1. The highest BCUT2D eigenvalue weighted by Crippen LogP contribution is 2.21. The summed E-state index contributed by atoms with van der Waals surface area (Å²) >= 11 is 6.11. The van der Waals surface area contributed by atoms with Crippen LogP contribution in [0.4, 0.5) is 4.39 Å². The second-order valence-electron chi connectivity index (χ2n) is 5.42. The van der Waals surface area contributed by atoms with Gasteiger partial charge in [-0.3, -0.25) is 9.89 Å². The Morgan fingerprint density at radius 2 is 2.00 bits per heavy atom. The summed E-state index contributed by atoms with van der Waals surface area (Å²) in [6, 6.07) is 6.14. The van der Waals surface area contributed by atoms with E-state index >= 15 is 0 Å². The summed E-state index contributed by atoms with van der Waals surface area (Å²) in [5, 5.41) is 6.80. The van der Waals surface area contributed by atoms with E-state index in [0.29, 0.717) is 29.4 Å². The van der Waals surface area contributed by atoms with Crippen molar-refractivity contribution < 1.29 is 9.18 Å². The predicted molar refractivity (Wildman–Crippen MR) is 92.5 cm³/mol. The Bertz CT molecular complexity index is 638. The molecule has 0 aliphatic rings. The minimum atomic E-state index is -0.409. The summed E-state index contributed by atoms with van der Waals surface area (Å²) in [7, 11) is 0. The third kappa shape index (κ3) is 4.55. The average molecular weight is 353 g/mol. The summed E-state index contributed by atoms with van der Waals surface area (Å²) in [6.07, 6.45) is 1.52. The van der Waals surface area contributed by atoms with Crippen LogP contribution >= 0.6 is 11.6 Å². The van der Waals surface area contributed by atoms with Crippen LogP contribution < -0.4 is 0 Å². The number of H-pyrrole nitrogens is 1. The van der Waals surface area contributed by atoms with Gasteiger partial charge in [-0.25, -0.2) is 4.39 Å². The van der Waals surface area contributed by atoms with Crippen LogP contribution in [0.5, 0.6) is 0 Å². The molecule has 0 atom stereocenters. The minimum absolute atomic E-state index is 0.116. The Morgan fingerprint density at radius 1 is 1.25 bits per heavy atom. The first-order chi connectivity index (χ1) is 11.6. The number of amides is 1. The number of hydrogen-bond acceptors (Lipinski definition) is 3. The van der Waals surface area contributed by atoms with Crippen molar-refractivity contribution in [1.82, 2.24) is 20.0 Å². The van der Waals surface area contributed by atoms with Crippen LogP contribution in [0.2, 0.25) is 5.02 Å². The molecule has 0 radical (unpaired) electrons. The molecule has 1 amide bonds. The fourth-order valence-electron chi connectivity index (χ4n) is 2.47. The van der Waals surface area contributed by atoms with Gasteiger partial charge >= 0.3 is 0 Å². The Morgan fingerprint density at radius 3 is 2.58 bits per heavy atom. The topological polar surface area (TPSA) is 52.2 Å². The lowest BCUT2D eigenvalue weighted by molar-refractivity contribution is 0.0716. The molecule has 2 rings (SSSR count). The molecule has 1 aromatic carbocycles. The molecule has 0 unspecified atom stereocenters. The molecule has 0 aliphatic carbocycles. The van der Waals surface area contributed by atoms with Crippen LogP contribution in [0.25, 0.3) is 0 Å². The lowest BCUT2D eigenvalue weighted by atomic mass is 10.2. The summed E-state index contributed by atoms with van der Waals surface area (Å²) in [5.74, 6) is -0.633. The van der Waals surface area contributed by atoms with Crippen LogP contribution in [0, 0.1) is 5.82 Å². The van der Waals surface area contributed by atoms with Crippen molar-refractivity contribution in [1.29, 1.82) is 0 Å². The predicted octanol–water partition coefficient (Wildman–Crippen LogP) is 3.19. The lowest BCUT2D eigenvalue weighted by Crippen LogP contribution is -2.38. The van der Waals surface area contributed by atoms with E-state index in [4.69, 9.17) is 11.6 Å². The first-order valence-electron chi connectivity index (χ1n) is 8.00. The average Bonchev–Trinajstić information content (AvgIpc) is 3.11. The molecule has 0 saturated heterocycles. The van der Waals surface area contributed by atoms with Crippen molar-refractivity contribution in [2.75, 3.05) is 26.2 Å². The molecular weight excluding hydrogens is 331 g/mol. The smallest absolute Gasteiger partial charge is 0.272 e. The van der Waals surface area contributed by atoms with Crippen molar-refractivity contribution in [2.24, 2.45) is 0 Å². The molecule has 5 nitrogen and oxygen atoms in total. The van der Waals surface area contributed by atoms with Gasteiger partial charge in [-0.15, -0.1) is 0 Å². The van der Waals surface area contributed by atoms with E-state index in [1.807, 2.05) is 0 Å². The van der Waals surface area contributed by atoms with Crippen LogP contribution in [0.1, 0.15) is 29.9 Å². The molecule has 130 valence electrons. The van der Waals surface area contributed by atoms with Gasteiger partial charge < -0.3 is 9.80 Å². The Kier molecular flexibility index (Phi) is 6.75. The van der Waals surface area contributed by atoms with Gasteiger partial charge in [0.15, 0.2) is 0 Å². The van der Waals surface area contributed by atoms with Gasteiger partial charge in [0.1, 0.15) is 11.5 Å². The molecule has 1 aromatic heterocycles. The van der Waals surface area contributed by atoms with Crippen molar-refractivity contribution in [3.63, 3.8) is 0 Å². The number of nitrogens with zero attached hydrogens (tertiary/aromatic N) is 3. The summed E-state index contributed by atoms with van der Waals surface area (Å²) in [5.41, 5.74) is 0.702. The SMILES string of the molecule is CCN(CC)CCN(Cc1c(F)cccc1Cl)C(=O)c1ccn[nH]1. The zero-order valence-electron chi connectivity index (χ0n) is 13.9. The van der Waals surface area contributed by atoms with Crippen molar-refractivity contribution in [2.45, 2.75) is 20.4 Å². The first-order valence-corrected chi connectivity index (χ1v) is 8.38. The van der Waals surface area contributed by atoms with Crippen LogP contribution in [-0.2, 0) is 6.54 Å². The van der Waals surface area contributed by atoms with Crippen molar-refractivity contribution in [3.05, 3.63) is 52.6 Å². The number of likely N-dealkylation sites (N-methyl/N-ethyl adjacent to an activating group) is 1. The molecular formula is C17H22ClFN4O. The Hall–Kier alpha value is -1.92. The Labute approximate surface area is 146 Å². The monoisotopic (exact) mass is 352 g/mol. The maximum absolute atomic E-state index is 14.1.